The van der Waals surface area contributed by atoms with Gasteiger partial charge in [0, 0.05) is 17.0 Å². The third-order valence-corrected chi connectivity index (χ3v) is 2.01. The van der Waals surface area contributed by atoms with Gasteiger partial charge in [0.2, 0.25) is 0 Å². The summed E-state index contributed by atoms with van der Waals surface area (Å²) in [5, 5.41) is 1.50. The van der Waals surface area contributed by atoms with E-state index < -0.39 is 0 Å². The Bertz CT molecular complexity index is 387. The van der Waals surface area contributed by atoms with Crippen LogP contribution in [0.5, 0.6) is 0 Å². The van der Waals surface area contributed by atoms with Gasteiger partial charge in [-0.05, 0) is 12.1 Å². The lowest BCUT2D eigenvalue weighted by molar-refractivity contribution is 0.640. The summed E-state index contributed by atoms with van der Waals surface area (Å²) in [6.45, 7) is 0. The second-order valence-electron chi connectivity index (χ2n) is 2.44. The molecule has 0 fully saturated rings. The lowest BCUT2D eigenvalue weighted by Crippen LogP contribution is -1.81. The van der Waals surface area contributed by atoms with Crippen LogP contribution in [0, 0.1) is 5.82 Å². The van der Waals surface area contributed by atoms with Gasteiger partial charge in [-0.3, -0.25) is 0 Å². The Morgan fingerprint density at radius 3 is 2.75 bits per heavy atom. The molecule has 0 radical (unpaired) electrons. The van der Waals surface area contributed by atoms with Crippen molar-refractivity contribution in [2.24, 2.45) is 0 Å². The van der Waals surface area contributed by atoms with Gasteiger partial charge in [0.15, 0.2) is 0 Å². The molecule has 0 saturated carbocycles. The van der Waals surface area contributed by atoms with Crippen LogP contribution in [0.25, 0.3) is 10.8 Å². The van der Waals surface area contributed by atoms with Crippen molar-refractivity contribution in [1.82, 2.24) is 4.98 Å². The van der Waals surface area contributed by atoms with Crippen molar-refractivity contribution in [2.75, 3.05) is 0 Å². The summed E-state index contributed by atoms with van der Waals surface area (Å²) in [7, 11) is 0. The van der Waals surface area contributed by atoms with E-state index in [1.54, 1.807) is 18.2 Å². The SMILES string of the molecule is Fc1cccc2c(Cl)nccc12. The van der Waals surface area contributed by atoms with Crippen molar-refractivity contribution < 1.29 is 4.39 Å². The van der Waals surface area contributed by atoms with Crippen molar-refractivity contribution in [2.45, 2.75) is 0 Å². The smallest absolute Gasteiger partial charge is 0.136 e. The first-order valence-corrected chi connectivity index (χ1v) is 3.85. The molecule has 12 heavy (non-hydrogen) atoms. The summed E-state index contributed by atoms with van der Waals surface area (Å²) in [6.07, 6.45) is 1.49. The first kappa shape index (κ1) is 7.50. The third kappa shape index (κ3) is 1.04. The van der Waals surface area contributed by atoms with Crippen molar-refractivity contribution in [3.05, 3.63) is 41.4 Å². The number of rotatable bonds is 0. The van der Waals surface area contributed by atoms with E-state index in [0.29, 0.717) is 15.9 Å². The van der Waals surface area contributed by atoms with Crippen LogP contribution in [-0.4, -0.2) is 4.98 Å². The average molecular weight is 182 g/mol. The molecule has 60 valence electrons. The molecule has 0 saturated heterocycles. The minimum atomic E-state index is -0.267. The highest BCUT2D eigenvalue weighted by Crippen LogP contribution is 2.22. The highest BCUT2D eigenvalue weighted by molar-refractivity contribution is 6.34. The van der Waals surface area contributed by atoms with Gasteiger partial charge in [0.1, 0.15) is 11.0 Å². The van der Waals surface area contributed by atoms with Gasteiger partial charge in [0.05, 0.1) is 0 Å². The fourth-order valence-electron chi connectivity index (χ4n) is 1.13. The summed E-state index contributed by atoms with van der Waals surface area (Å²) < 4.78 is 13.1. The lowest BCUT2D eigenvalue weighted by Gasteiger charge is -1.98. The number of hydrogen-bond donors (Lipinski definition) is 0. The minimum Gasteiger partial charge on any atom is -0.244 e. The molecule has 1 heterocycles. The van der Waals surface area contributed by atoms with Crippen LogP contribution in [0.3, 0.4) is 0 Å². The van der Waals surface area contributed by atoms with Gasteiger partial charge in [-0.25, -0.2) is 9.37 Å². The molecule has 0 atom stereocenters. The molecule has 0 spiro atoms. The van der Waals surface area contributed by atoms with E-state index in [0.717, 1.165) is 0 Å². The molecule has 0 aliphatic carbocycles. The van der Waals surface area contributed by atoms with E-state index in [1.165, 1.54) is 12.3 Å². The van der Waals surface area contributed by atoms with E-state index in [-0.39, 0.29) is 5.82 Å². The standard InChI is InChI=1S/C9H5ClFN/c10-9-7-2-1-3-8(11)6(7)4-5-12-9/h1-5H. The largest absolute Gasteiger partial charge is 0.244 e. The number of pyridine rings is 1. The quantitative estimate of drug-likeness (QED) is 0.570. The number of aromatic nitrogens is 1. The molecule has 0 aliphatic rings. The number of fused-ring (bicyclic) bond motifs is 1. The maximum Gasteiger partial charge on any atom is 0.136 e. The Balaban J connectivity index is 2.94. The highest BCUT2D eigenvalue weighted by Gasteiger charge is 2.02. The molecule has 1 nitrogen and oxygen atoms in total. The zero-order valence-corrected chi connectivity index (χ0v) is 6.85. The molecule has 1 aromatic carbocycles. The molecule has 0 N–H and O–H groups in total. The van der Waals surface area contributed by atoms with E-state index in [2.05, 4.69) is 4.98 Å². The third-order valence-electron chi connectivity index (χ3n) is 1.70. The summed E-state index contributed by atoms with van der Waals surface area (Å²) >= 11 is 5.75. The second-order valence-corrected chi connectivity index (χ2v) is 2.79. The molecule has 2 aromatic rings. The second kappa shape index (κ2) is 2.72. The Kier molecular flexibility index (Phi) is 1.70. The Labute approximate surface area is 73.8 Å². The maximum atomic E-state index is 13.1. The summed E-state index contributed by atoms with van der Waals surface area (Å²) in [5.74, 6) is -0.267. The highest BCUT2D eigenvalue weighted by atomic mass is 35.5. The van der Waals surface area contributed by atoms with Crippen LogP contribution in [-0.2, 0) is 0 Å². The average Bonchev–Trinajstić information content (AvgIpc) is 2.07. The van der Waals surface area contributed by atoms with E-state index >= 15 is 0 Å². The minimum absolute atomic E-state index is 0.267. The summed E-state index contributed by atoms with van der Waals surface area (Å²) in [6, 6.07) is 6.37. The molecule has 1 aromatic heterocycles. The van der Waals surface area contributed by atoms with Crippen LogP contribution < -0.4 is 0 Å². The molecular formula is C9H5ClFN. The normalized spacial score (nSPS) is 10.5. The van der Waals surface area contributed by atoms with Crippen molar-refractivity contribution >= 4 is 22.4 Å². The van der Waals surface area contributed by atoms with E-state index in [9.17, 15) is 4.39 Å². The lowest BCUT2D eigenvalue weighted by atomic mass is 10.2. The predicted molar refractivity (Wildman–Crippen MR) is 46.7 cm³/mol. The van der Waals surface area contributed by atoms with Crippen LogP contribution in [0.1, 0.15) is 0 Å². The monoisotopic (exact) mass is 181 g/mol. The summed E-state index contributed by atoms with van der Waals surface area (Å²) in [5.41, 5.74) is 0. The van der Waals surface area contributed by atoms with Gasteiger partial charge >= 0.3 is 0 Å². The molecule has 0 amide bonds. The van der Waals surface area contributed by atoms with Crippen molar-refractivity contribution in [3.63, 3.8) is 0 Å². The maximum absolute atomic E-state index is 13.1. The van der Waals surface area contributed by atoms with Crippen LogP contribution in [0.2, 0.25) is 5.15 Å². The number of hydrogen-bond acceptors (Lipinski definition) is 1. The zero-order valence-electron chi connectivity index (χ0n) is 6.09. The number of halogens is 2. The van der Waals surface area contributed by atoms with Crippen molar-refractivity contribution in [1.29, 1.82) is 0 Å². The van der Waals surface area contributed by atoms with Gasteiger partial charge in [-0.2, -0.15) is 0 Å². The molecular weight excluding hydrogens is 177 g/mol. The number of benzene rings is 1. The fraction of sp³-hybridized carbons (Fsp3) is 0. The van der Waals surface area contributed by atoms with Crippen molar-refractivity contribution in [3.8, 4) is 0 Å². The Hall–Kier alpha value is -1.15. The first-order chi connectivity index (χ1) is 5.79. The predicted octanol–water partition coefficient (Wildman–Crippen LogP) is 3.03. The van der Waals surface area contributed by atoms with Crippen LogP contribution in [0.4, 0.5) is 4.39 Å². The molecule has 3 heteroatoms. The number of nitrogens with zero attached hydrogens (tertiary/aromatic N) is 1. The first-order valence-electron chi connectivity index (χ1n) is 3.48. The van der Waals surface area contributed by atoms with Gasteiger partial charge in [0.25, 0.3) is 0 Å². The van der Waals surface area contributed by atoms with Gasteiger partial charge in [-0.15, -0.1) is 0 Å². The van der Waals surface area contributed by atoms with Gasteiger partial charge < -0.3 is 0 Å². The molecule has 0 bridgehead atoms. The van der Waals surface area contributed by atoms with Crippen LogP contribution >= 0.6 is 11.6 Å². The van der Waals surface area contributed by atoms with Gasteiger partial charge in [-0.1, -0.05) is 23.7 Å². The molecule has 0 unspecified atom stereocenters. The zero-order chi connectivity index (χ0) is 8.55. The topological polar surface area (TPSA) is 12.9 Å². The fourth-order valence-corrected chi connectivity index (χ4v) is 1.35. The van der Waals surface area contributed by atoms with E-state index in [4.69, 9.17) is 11.6 Å². The summed E-state index contributed by atoms with van der Waals surface area (Å²) in [4.78, 5) is 3.85. The Morgan fingerprint density at radius 2 is 2.00 bits per heavy atom. The molecule has 2 rings (SSSR count). The Morgan fingerprint density at radius 1 is 1.17 bits per heavy atom. The van der Waals surface area contributed by atoms with Crippen LogP contribution in [0.15, 0.2) is 30.5 Å². The van der Waals surface area contributed by atoms with E-state index in [1.807, 2.05) is 0 Å². The molecule has 0 aliphatic heterocycles.